The Hall–Kier alpha value is -1.09. The lowest BCUT2D eigenvalue weighted by molar-refractivity contribution is 0.0806. The van der Waals surface area contributed by atoms with E-state index < -0.39 is 5.41 Å². The number of benzene rings is 1. The Kier molecular flexibility index (Phi) is 4.94. The Morgan fingerprint density at radius 2 is 2.06 bits per heavy atom. The van der Waals surface area contributed by atoms with Crippen molar-refractivity contribution in [3.63, 3.8) is 0 Å². The summed E-state index contributed by atoms with van der Waals surface area (Å²) in [5, 5.41) is 30.4. The number of nitriles is 1. The van der Waals surface area contributed by atoms with E-state index >= 15 is 0 Å². The third-order valence-corrected chi connectivity index (χ3v) is 3.06. The maximum Gasteiger partial charge on any atom is 0.101 e. The predicted octanol–water partition coefficient (Wildman–Crippen LogP) is 1.72. The molecule has 92 valence electrons. The molecule has 0 heterocycles. The Bertz CT molecular complexity index is 425. The highest BCUT2D eigenvalue weighted by Crippen LogP contribution is 2.22. The van der Waals surface area contributed by atoms with Crippen molar-refractivity contribution in [2.75, 3.05) is 25.1 Å². The van der Waals surface area contributed by atoms with Gasteiger partial charge < -0.3 is 15.5 Å². The molecular weight excluding hydrogens is 284 g/mol. The lowest BCUT2D eigenvalue weighted by atomic mass is 9.93. The molecule has 0 radical (unpaired) electrons. The summed E-state index contributed by atoms with van der Waals surface area (Å²) in [5.41, 5.74) is 0.626. The van der Waals surface area contributed by atoms with Crippen molar-refractivity contribution in [3.8, 4) is 6.07 Å². The van der Waals surface area contributed by atoms with Crippen LogP contribution in [0.15, 0.2) is 22.7 Å². The van der Waals surface area contributed by atoms with Gasteiger partial charge in [-0.05, 0) is 18.2 Å². The van der Waals surface area contributed by atoms with Gasteiger partial charge in [-0.25, -0.2) is 0 Å². The van der Waals surface area contributed by atoms with Crippen LogP contribution in [0.3, 0.4) is 0 Å². The lowest BCUT2D eigenvalue weighted by Crippen LogP contribution is -2.34. The van der Waals surface area contributed by atoms with Gasteiger partial charge in [-0.2, -0.15) is 5.26 Å². The SMILES string of the molecule is CC(CO)(CO)CNc1ccc(Br)cc1C#N. The normalized spacial score (nSPS) is 11.0. The van der Waals surface area contributed by atoms with E-state index in [1.54, 1.807) is 19.1 Å². The largest absolute Gasteiger partial charge is 0.396 e. The van der Waals surface area contributed by atoms with Crippen LogP contribution in [-0.4, -0.2) is 30.0 Å². The molecule has 1 rings (SSSR count). The number of aliphatic hydroxyl groups is 2. The number of aliphatic hydroxyl groups excluding tert-OH is 2. The van der Waals surface area contributed by atoms with Crippen LogP contribution < -0.4 is 5.32 Å². The van der Waals surface area contributed by atoms with E-state index in [-0.39, 0.29) is 13.2 Å². The van der Waals surface area contributed by atoms with Gasteiger partial charge in [0.2, 0.25) is 0 Å². The van der Waals surface area contributed by atoms with E-state index in [0.717, 1.165) is 4.47 Å². The summed E-state index contributed by atoms with van der Waals surface area (Å²) in [7, 11) is 0. The van der Waals surface area contributed by atoms with Gasteiger partial charge in [-0.1, -0.05) is 22.9 Å². The van der Waals surface area contributed by atoms with Crippen LogP contribution in [0.2, 0.25) is 0 Å². The minimum atomic E-state index is -0.597. The molecule has 0 saturated heterocycles. The first-order chi connectivity index (χ1) is 8.04. The molecule has 0 amide bonds. The summed E-state index contributed by atoms with van der Waals surface area (Å²) >= 11 is 3.30. The first kappa shape index (κ1) is 14.0. The van der Waals surface area contributed by atoms with Gasteiger partial charge in [-0.3, -0.25) is 0 Å². The smallest absolute Gasteiger partial charge is 0.101 e. The summed E-state index contributed by atoms with van der Waals surface area (Å²) in [6.45, 7) is 1.94. The molecule has 0 atom stereocenters. The second-order valence-corrected chi connectivity index (χ2v) is 5.20. The van der Waals surface area contributed by atoms with Crippen LogP contribution in [0.4, 0.5) is 5.69 Å². The second kappa shape index (κ2) is 6.01. The molecule has 0 aromatic heterocycles. The van der Waals surface area contributed by atoms with E-state index in [1.807, 2.05) is 6.07 Å². The number of nitrogens with zero attached hydrogens (tertiary/aromatic N) is 1. The Labute approximate surface area is 109 Å². The number of hydrogen-bond acceptors (Lipinski definition) is 4. The summed E-state index contributed by atoms with van der Waals surface area (Å²) in [6, 6.07) is 7.43. The topological polar surface area (TPSA) is 76.3 Å². The zero-order valence-electron chi connectivity index (χ0n) is 9.57. The Morgan fingerprint density at radius 3 is 2.59 bits per heavy atom. The van der Waals surface area contributed by atoms with Crippen LogP contribution in [0.1, 0.15) is 12.5 Å². The predicted molar refractivity (Wildman–Crippen MR) is 69.6 cm³/mol. The van der Waals surface area contributed by atoms with Crippen molar-refractivity contribution in [2.24, 2.45) is 5.41 Å². The quantitative estimate of drug-likeness (QED) is 0.774. The van der Waals surface area contributed by atoms with Gasteiger partial charge in [0.15, 0.2) is 0 Å². The molecule has 0 saturated carbocycles. The average Bonchev–Trinajstić information content (AvgIpc) is 2.36. The highest BCUT2D eigenvalue weighted by molar-refractivity contribution is 9.10. The van der Waals surface area contributed by atoms with E-state index in [2.05, 4.69) is 27.3 Å². The number of halogens is 1. The summed E-state index contributed by atoms with van der Waals surface area (Å²) < 4.78 is 0.840. The zero-order chi connectivity index (χ0) is 12.9. The maximum absolute atomic E-state index is 9.16. The van der Waals surface area contributed by atoms with Crippen LogP contribution in [0.5, 0.6) is 0 Å². The molecule has 0 aliphatic rings. The minimum absolute atomic E-state index is 0.116. The first-order valence-corrected chi connectivity index (χ1v) is 5.99. The highest BCUT2D eigenvalue weighted by atomic mass is 79.9. The van der Waals surface area contributed by atoms with Crippen molar-refractivity contribution in [1.29, 1.82) is 5.26 Å². The van der Waals surface area contributed by atoms with E-state index in [4.69, 9.17) is 15.5 Å². The van der Waals surface area contributed by atoms with Gasteiger partial charge in [-0.15, -0.1) is 0 Å². The molecule has 0 unspecified atom stereocenters. The fraction of sp³-hybridized carbons (Fsp3) is 0.417. The monoisotopic (exact) mass is 298 g/mol. The number of nitrogens with one attached hydrogen (secondary N) is 1. The van der Waals surface area contributed by atoms with Gasteiger partial charge >= 0.3 is 0 Å². The summed E-state index contributed by atoms with van der Waals surface area (Å²) in [6.07, 6.45) is 0. The lowest BCUT2D eigenvalue weighted by Gasteiger charge is -2.25. The summed E-state index contributed by atoms with van der Waals surface area (Å²) in [5.74, 6) is 0. The van der Waals surface area contributed by atoms with Gasteiger partial charge in [0.1, 0.15) is 6.07 Å². The molecule has 0 fully saturated rings. The molecule has 0 spiro atoms. The molecule has 0 aliphatic heterocycles. The Morgan fingerprint density at radius 1 is 1.41 bits per heavy atom. The molecule has 5 heteroatoms. The van der Waals surface area contributed by atoms with Gasteiger partial charge in [0.05, 0.1) is 24.5 Å². The second-order valence-electron chi connectivity index (χ2n) is 4.28. The fourth-order valence-electron chi connectivity index (χ4n) is 1.23. The van der Waals surface area contributed by atoms with E-state index in [9.17, 15) is 0 Å². The zero-order valence-corrected chi connectivity index (χ0v) is 11.2. The highest BCUT2D eigenvalue weighted by Gasteiger charge is 2.22. The molecule has 3 N–H and O–H groups in total. The maximum atomic E-state index is 9.16. The van der Waals surface area contributed by atoms with Crippen molar-refractivity contribution in [1.82, 2.24) is 0 Å². The third-order valence-electron chi connectivity index (χ3n) is 2.57. The molecule has 17 heavy (non-hydrogen) atoms. The van der Waals surface area contributed by atoms with Crippen molar-refractivity contribution >= 4 is 21.6 Å². The van der Waals surface area contributed by atoms with Crippen LogP contribution in [0.25, 0.3) is 0 Å². The molecule has 1 aromatic carbocycles. The third kappa shape index (κ3) is 3.70. The van der Waals surface area contributed by atoms with Gasteiger partial charge in [0, 0.05) is 16.4 Å². The molecule has 4 nitrogen and oxygen atoms in total. The standard InChI is InChI=1S/C12H15BrN2O2/c1-12(7-16,8-17)6-15-11-3-2-10(13)4-9(11)5-14/h2-4,15-17H,6-8H2,1H3. The fourth-order valence-corrected chi connectivity index (χ4v) is 1.59. The number of anilines is 1. The van der Waals surface area contributed by atoms with Crippen molar-refractivity contribution in [2.45, 2.75) is 6.92 Å². The molecule has 0 bridgehead atoms. The van der Waals surface area contributed by atoms with E-state index in [0.29, 0.717) is 17.8 Å². The van der Waals surface area contributed by atoms with Crippen molar-refractivity contribution < 1.29 is 10.2 Å². The van der Waals surface area contributed by atoms with Crippen LogP contribution >= 0.6 is 15.9 Å². The van der Waals surface area contributed by atoms with Crippen LogP contribution in [0, 0.1) is 16.7 Å². The number of hydrogen-bond donors (Lipinski definition) is 3. The number of rotatable bonds is 5. The van der Waals surface area contributed by atoms with Gasteiger partial charge in [0.25, 0.3) is 0 Å². The minimum Gasteiger partial charge on any atom is -0.396 e. The van der Waals surface area contributed by atoms with Crippen LogP contribution in [-0.2, 0) is 0 Å². The average molecular weight is 299 g/mol. The molecule has 0 aliphatic carbocycles. The first-order valence-electron chi connectivity index (χ1n) is 5.20. The molecular formula is C12H15BrN2O2. The van der Waals surface area contributed by atoms with Crippen molar-refractivity contribution in [3.05, 3.63) is 28.2 Å². The molecule has 1 aromatic rings. The van der Waals surface area contributed by atoms with E-state index in [1.165, 1.54) is 0 Å². The summed E-state index contributed by atoms with van der Waals surface area (Å²) in [4.78, 5) is 0. The Balaban J connectivity index is 2.80.